The number of aliphatic hydroxyl groups excluding tert-OH is 1. The molecule has 4 heteroatoms. The van der Waals surface area contributed by atoms with Crippen LogP contribution in [0, 0.1) is 6.92 Å². The summed E-state index contributed by atoms with van der Waals surface area (Å²) in [4.78, 5) is 4.51. The molecule has 0 spiro atoms. The third kappa shape index (κ3) is 4.20. The van der Waals surface area contributed by atoms with Crippen LogP contribution in [0.15, 0.2) is 24.3 Å². The lowest BCUT2D eigenvalue weighted by Crippen LogP contribution is -2.39. The third-order valence-electron chi connectivity index (χ3n) is 3.81. The van der Waals surface area contributed by atoms with Gasteiger partial charge in [0.1, 0.15) is 12.4 Å². The van der Waals surface area contributed by atoms with Crippen molar-refractivity contribution in [2.24, 2.45) is 0 Å². The van der Waals surface area contributed by atoms with Crippen molar-refractivity contribution >= 4 is 0 Å². The molecule has 112 valence electrons. The zero-order valence-corrected chi connectivity index (χ0v) is 12.7. The van der Waals surface area contributed by atoms with E-state index in [1.54, 1.807) is 0 Å². The lowest BCUT2D eigenvalue weighted by Gasteiger charge is -2.26. The maximum atomic E-state index is 9.84. The molecule has 1 heterocycles. The highest BCUT2D eigenvalue weighted by molar-refractivity contribution is 5.31. The number of likely N-dealkylation sites (N-methyl/N-ethyl adjacent to an activating group) is 1. The van der Waals surface area contributed by atoms with Crippen molar-refractivity contribution in [1.29, 1.82) is 0 Å². The summed E-state index contributed by atoms with van der Waals surface area (Å²) in [7, 11) is 4.15. The Morgan fingerprint density at radius 2 is 2.10 bits per heavy atom. The van der Waals surface area contributed by atoms with Gasteiger partial charge in [0.05, 0.1) is 6.10 Å². The lowest BCUT2D eigenvalue weighted by molar-refractivity contribution is 0.155. The van der Waals surface area contributed by atoms with Gasteiger partial charge in [0.25, 0.3) is 0 Å². The molecular weight excluding hydrogens is 252 g/mol. The van der Waals surface area contributed by atoms with Crippen molar-refractivity contribution in [3.8, 4) is 5.75 Å². The van der Waals surface area contributed by atoms with Crippen molar-refractivity contribution < 1.29 is 9.84 Å². The van der Waals surface area contributed by atoms with E-state index in [9.17, 15) is 5.11 Å². The Morgan fingerprint density at radius 1 is 1.35 bits per heavy atom. The highest BCUT2D eigenvalue weighted by atomic mass is 16.5. The fourth-order valence-electron chi connectivity index (χ4n) is 2.83. The largest absolute Gasteiger partial charge is 0.492 e. The van der Waals surface area contributed by atoms with E-state index in [4.69, 9.17) is 4.74 Å². The van der Waals surface area contributed by atoms with Crippen molar-refractivity contribution in [3.63, 3.8) is 0 Å². The highest BCUT2D eigenvalue weighted by Crippen LogP contribution is 2.19. The predicted octanol–water partition coefficient (Wildman–Crippen LogP) is 1.37. The van der Waals surface area contributed by atoms with E-state index in [2.05, 4.69) is 36.9 Å². The molecule has 0 radical (unpaired) electrons. The Bertz CT molecular complexity index is 423. The minimum Gasteiger partial charge on any atom is -0.492 e. The molecule has 0 amide bonds. The second-order valence-corrected chi connectivity index (χ2v) is 5.91. The number of hydrogen-bond acceptors (Lipinski definition) is 4. The first-order chi connectivity index (χ1) is 9.56. The third-order valence-corrected chi connectivity index (χ3v) is 3.81. The molecule has 2 unspecified atom stereocenters. The zero-order valence-electron chi connectivity index (χ0n) is 12.7. The fraction of sp³-hybridized carbons (Fsp3) is 0.625. The quantitative estimate of drug-likeness (QED) is 0.852. The van der Waals surface area contributed by atoms with Gasteiger partial charge >= 0.3 is 0 Å². The van der Waals surface area contributed by atoms with Crippen LogP contribution >= 0.6 is 0 Å². The van der Waals surface area contributed by atoms with E-state index in [-0.39, 0.29) is 6.10 Å². The molecular formula is C16H26N2O2. The summed E-state index contributed by atoms with van der Waals surface area (Å²) in [5.41, 5.74) is 1.17. The maximum Gasteiger partial charge on any atom is 0.122 e. The number of rotatable bonds is 6. The number of aliphatic hydroxyl groups is 1. The summed E-state index contributed by atoms with van der Waals surface area (Å²) in [5.74, 6) is 0.955. The van der Waals surface area contributed by atoms with Gasteiger partial charge in [0.2, 0.25) is 0 Å². The molecule has 2 atom stereocenters. The molecule has 2 rings (SSSR count). The van der Waals surface area contributed by atoms with Crippen molar-refractivity contribution in [2.75, 3.05) is 40.3 Å². The smallest absolute Gasteiger partial charge is 0.122 e. The van der Waals surface area contributed by atoms with Crippen LogP contribution in [-0.4, -0.2) is 67.4 Å². The van der Waals surface area contributed by atoms with E-state index >= 15 is 0 Å². The fourth-order valence-corrected chi connectivity index (χ4v) is 2.83. The van der Waals surface area contributed by atoms with E-state index in [0.29, 0.717) is 12.6 Å². The van der Waals surface area contributed by atoms with Crippen LogP contribution in [0.4, 0.5) is 0 Å². The van der Waals surface area contributed by atoms with Crippen molar-refractivity contribution in [3.05, 3.63) is 29.8 Å². The van der Waals surface area contributed by atoms with E-state index < -0.39 is 0 Å². The van der Waals surface area contributed by atoms with Gasteiger partial charge in [-0.25, -0.2) is 0 Å². The average Bonchev–Trinajstić information content (AvgIpc) is 2.71. The van der Waals surface area contributed by atoms with Crippen LogP contribution in [-0.2, 0) is 0 Å². The first-order valence-corrected chi connectivity index (χ1v) is 7.31. The zero-order chi connectivity index (χ0) is 14.5. The second-order valence-electron chi connectivity index (χ2n) is 5.91. The molecule has 1 N–H and O–H groups in total. The number of para-hydroxylation sites is 1. The molecule has 1 aromatic rings. The standard InChI is InChI=1S/C16H26N2O2/c1-13-6-4-5-7-16(13)20-9-8-18-12-15(19)10-14(18)11-17(2)3/h4-7,14-15,19H,8-12H2,1-3H3. The van der Waals surface area contributed by atoms with Gasteiger partial charge in [-0.3, -0.25) is 4.90 Å². The Balaban J connectivity index is 1.82. The number of benzene rings is 1. The first kappa shape index (κ1) is 15.3. The van der Waals surface area contributed by atoms with Crippen LogP contribution in [0.1, 0.15) is 12.0 Å². The van der Waals surface area contributed by atoms with Crippen LogP contribution < -0.4 is 4.74 Å². The van der Waals surface area contributed by atoms with Gasteiger partial charge in [-0.05, 0) is 39.1 Å². The van der Waals surface area contributed by atoms with Gasteiger partial charge in [0.15, 0.2) is 0 Å². The summed E-state index contributed by atoms with van der Waals surface area (Å²) >= 11 is 0. The average molecular weight is 278 g/mol. The molecule has 1 aromatic carbocycles. The second kappa shape index (κ2) is 7.07. The SMILES string of the molecule is Cc1ccccc1OCCN1CC(O)CC1CN(C)C. The topological polar surface area (TPSA) is 35.9 Å². The highest BCUT2D eigenvalue weighted by Gasteiger charge is 2.30. The number of aryl methyl sites for hydroxylation is 1. The van der Waals surface area contributed by atoms with E-state index in [0.717, 1.165) is 31.8 Å². The van der Waals surface area contributed by atoms with E-state index in [1.807, 2.05) is 18.2 Å². The summed E-state index contributed by atoms with van der Waals surface area (Å²) in [6, 6.07) is 8.51. The normalized spacial score (nSPS) is 23.4. The first-order valence-electron chi connectivity index (χ1n) is 7.31. The minimum atomic E-state index is -0.196. The molecule has 0 aromatic heterocycles. The Morgan fingerprint density at radius 3 is 2.80 bits per heavy atom. The number of nitrogens with zero attached hydrogens (tertiary/aromatic N) is 2. The van der Waals surface area contributed by atoms with Crippen molar-refractivity contribution in [1.82, 2.24) is 9.80 Å². The van der Waals surface area contributed by atoms with Gasteiger partial charge in [0, 0.05) is 25.7 Å². The molecule has 1 aliphatic rings. The van der Waals surface area contributed by atoms with Crippen LogP contribution in [0.5, 0.6) is 5.75 Å². The number of ether oxygens (including phenoxy) is 1. The van der Waals surface area contributed by atoms with Crippen LogP contribution in [0.2, 0.25) is 0 Å². The Kier molecular flexibility index (Phi) is 5.40. The van der Waals surface area contributed by atoms with Gasteiger partial charge < -0.3 is 14.7 Å². The van der Waals surface area contributed by atoms with E-state index in [1.165, 1.54) is 5.56 Å². The molecule has 0 bridgehead atoms. The number of hydrogen-bond donors (Lipinski definition) is 1. The number of β-amino-alcohol motifs (C(OH)–C–C–N with tert-alkyl or cyclic N) is 1. The van der Waals surface area contributed by atoms with Gasteiger partial charge in [-0.15, -0.1) is 0 Å². The van der Waals surface area contributed by atoms with Crippen molar-refractivity contribution in [2.45, 2.75) is 25.5 Å². The summed E-state index contributed by atoms with van der Waals surface area (Å²) in [6.45, 7) is 5.34. The molecule has 4 nitrogen and oxygen atoms in total. The van der Waals surface area contributed by atoms with Crippen LogP contribution in [0.3, 0.4) is 0 Å². The Labute approximate surface area is 122 Å². The summed E-state index contributed by atoms with van der Waals surface area (Å²) in [5, 5.41) is 9.84. The molecule has 0 saturated carbocycles. The molecule has 20 heavy (non-hydrogen) atoms. The number of likely N-dealkylation sites (tertiary alicyclic amines) is 1. The maximum absolute atomic E-state index is 9.84. The summed E-state index contributed by atoms with van der Waals surface area (Å²) < 4.78 is 5.85. The summed E-state index contributed by atoms with van der Waals surface area (Å²) in [6.07, 6.45) is 0.668. The Hall–Kier alpha value is -1.10. The monoisotopic (exact) mass is 278 g/mol. The predicted molar refractivity (Wildman–Crippen MR) is 81.2 cm³/mol. The minimum absolute atomic E-state index is 0.196. The molecule has 0 aliphatic carbocycles. The molecule has 1 fully saturated rings. The van der Waals surface area contributed by atoms with Crippen LogP contribution in [0.25, 0.3) is 0 Å². The molecule has 1 saturated heterocycles. The lowest BCUT2D eigenvalue weighted by atomic mass is 10.2. The van der Waals surface area contributed by atoms with Gasteiger partial charge in [-0.2, -0.15) is 0 Å². The molecule has 1 aliphatic heterocycles. The van der Waals surface area contributed by atoms with Gasteiger partial charge in [-0.1, -0.05) is 18.2 Å².